The maximum absolute atomic E-state index is 13.1. The highest BCUT2D eigenvalue weighted by molar-refractivity contribution is 5.99. The summed E-state index contributed by atoms with van der Waals surface area (Å²) < 4.78 is 0. The van der Waals surface area contributed by atoms with Crippen LogP contribution < -0.4 is 0 Å². The number of hydrogen-bond donors (Lipinski definition) is 3. The van der Waals surface area contributed by atoms with Gasteiger partial charge in [-0.05, 0) is 25.0 Å². The van der Waals surface area contributed by atoms with Gasteiger partial charge in [-0.2, -0.15) is 5.10 Å². The largest absolute Gasteiger partial charge is 0.480 e. The van der Waals surface area contributed by atoms with Gasteiger partial charge in [0.05, 0.1) is 6.54 Å². The molecule has 0 aliphatic carbocycles. The van der Waals surface area contributed by atoms with Gasteiger partial charge < -0.3 is 19.9 Å². The fourth-order valence-corrected chi connectivity index (χ4v) is 4.41. The van der Waals surface area contributed by atoms with Crippen LogP contribution in [0, 0.1) is 0 Å². The van der Waals surface area contributed by atoms with Crippen LogP contribution in [0.15, 0.2) is 30.3 Å². The highest BCUT2D eigenvalue weighted by Crippen LogP contribution is 2.26. The number of aromatic nitrogens is 3. The van der Waals surface area contributed by atoms with Crippen molar-refractivity contribution in [2.45, 2.75) is 31.8 Å². The monoisotopic (exact) mass is 407 g/mol. The number of aliphatic carboxylic acids is 1. The van der Waals surface area contributed by atoms with Crippen molar-refractivity contribution in [3.05, 3.63) is 53.0 Å². The average molecular weight is 407 g/mol. The second-order valence-electron chi connectivity index (χ2n) is 7.77. The van der Waals surface area contributed by atoms with E-state index in [9.17, 15) is 19.5 Å². The van der Waals surface area contributed by atoms with Gasteiger partial charge in [-0.25, -0.2) is 4.79 Å². The smallest absolute Gasteiger partial charge is 0.326 e. The van der Waals surface area contributed by atoms with E-state index in [1.165, 1.54) is 4.90 Å². The zero-order valence-corrected chi connectivity index (χ0v) is 16.2. The molecule has 1 fully saturated rings. The van der Waals surface area contributed by atoms with Gasteiger partial charge in [-0.15, -0.1) is 0 Å². The first-order valence-corrected chi connectivity index (χ1v) is 10.00. The van der Waals surface area contributed by atoms with Crippen LogP contribution in [0.1, 0.15) is 45.1 Å². The number of fused-ring (bicyclic) bond motifs is 2. The number of para-hydroxylation sites is 1. The van der Waals surface area contributed by atoms with Crippen molar-refractivity contribution in [2.24, 2.45) is 0 Å². The third-order valence-electron chi connectivity index (χ3n) is 5.98. The molecule has 1 aromatic carbocycles. The third-order valence-corrected chi connectivity index (χ3v) is 5.98. The molecule has 0 spiro atoms. The highest BCUT2D eigenvalue weighted by Gasteiger charge is 2.37. The van der Waals surface area contributed by atoms with Crippen molar-refractivity contribution < 1.29 is 19.5 Å². The molecule has 154 valence electrons. The Hall–Kier alpha value is -3.62. The minimum atomic E-state index is -0.999. The molecule has 0 bridgehead atoms. The molecule has 30 heavy (non-hydrogen) atoms. The Kier molecular flexibility index (Phi) is 4.30. The lowest BCUT2D eigenvalue weighted by Crippen LogP contribution is -2.42. The van der Waals surface area contributed by atoms with Crippen molar-refractivity contribution >= 4 is 28.7 Å². The molecule has 2 aliphatic heterocycles. The number of H-pyrrole nitrogens is 2. The first-order chi connectivity index (χ1) is 14.5. The Morgan fingerprint density at radius 2 is 1.97 bits per heavy atom. The number of carbonyl (C=O) groups excluding carboxylic acids is 2. The summed E-state index contributed by atoms with van der Waals surface area (Å²) in [6, 6.07) is 8.70. The van der Waals surface area contributed by atoms with Crippen LogP contribution in [0.2, 0.25) is 0 Å². The van der Waals surface area contributed by atoms with E-state index in [1.807, 2.05) is 30.3 Å². The predicted octanol–water partition coefficient (Wildman–Crippen LogP) is 1.78. The van der Waals surface area contributed by atoms with Crippen molar-refractivity contribution in [1.82, 2.24) is 25.0 Å². The van der Waals surface area contributed by atoms with Gasteiger partial charge in [0, 0.05) is 41.7 Å². The summed E-state index contributed by atoms with van der Waals surface area (Å²) in [6.07, 6.45) is 1.66. The number of carbonyl (C=O) groups is 3. The molecule has 0 saturated carbocycles. The molecule has 0 radical (unpaired) electrons. The van der Waals surface area contributed by atoms with Crippen molar-refractivity contribution in [1.29, 1.82) is 0 Å². The molecule has 3 N–H and O–H groups in total. The summed E-state index contributed by atoms with van der Waals surface area (Å²) in [5.41, 5.74) is 3.11. The van der Waals surface area contributed by atoms with E-state index >= 15 is 0 Å². The quantitative estimate of drug-likeness (QED) is 0.611. The topological polar surface area (TPSA) is 122 Å². The molecule has 1 atom stereocenters. The van der Waals surface area contributed by atoms with Gasteiger partial charge in [0.25, 0.3) is 11.8 Å². The van der Waals surface area contributed by atoms with Gasteiger partial charge in [0.15, 0.2) is 5.69 Å². The lowest BCUT2D eigenvalue weighted by atomic mass is 10.0. The van der Waals surface area contributed by atoms with Crippen LogP contribution in [0.25, 0.3) is 10.9 Å². The van der Waals surface area contributed by atoms with Gasteiger partial charge in [-0.1, -0.05) is 18.2 Å². The van der Waals surface area contributed by atoms with Gasteiger partial charge in [0.2, 0.25) is 0 Å². The second kappa shape index (κ2) is 7.01. The molecule has 2 amide bonds. The molecule has 2 aromatic heterocycles. The molecule has 0 unspecified atom stereocenters. The fraction of sp³-hybridized carbons (Fsp3) is 0.333. The van der Waals surface area contributed by atoms with E-state index in [1.54, 1.807) is 4.90 Å². The molecule has 1 saturated heterocycles. The highest BCUT2D eigenvalue weighted by atomic mass is 16.4. The van der Waals surface area contributed by atoms with Crippen molar-refractivity contribution in [3.63, 3.8) is 0 Å². The van der Waals surface area contributed by atoms with Gasteiger partial charge in [0.1, 0.15) is 11.7 Å². The number of nitrogens with zero attached hydrogens (tertiary/aromatic N) is 3. The van der Waals surface area contributed by atoms with Gasteiger partial charge >= 0.3 is 5.97 Å². The summed E-state index contributed by atoms with van der Waals surface area (Å²) in [5.74, 6) is -1.53. The molecular weight excluding hydrogens is 386 g/mol. The van der Waals surface area contributed by atoms with Crippen LogP contribution in [-0.2, 0) is 17.8 Å². The molecule has 4 heterocycles. The van der Waals surface area contributed by atoms with Crippen LogP contribution >= 0.6 is 0 Å². The Morgan fingerprint density at radius 1 is 1.13 bits per heavy atom. The molecule has 3 aromatic rings. The Balaban J connectivity index is 1.40. The van der Waals surface area contributed by atoms with Crippen LogP contribution in [-0.4, -0.2) is 67.0 Å². The maximum atomic E-state index is 13.1. The van der Waals surface area contributed by atoms with Crippen LogP contribution in [0.5, 0.6) is 0 Å². The number of aromatic amines is 2. The molecule has 9 nitrogen and oxygen atoms in total. The van der Waals surface area contributed by atoms with Crippen LogP contribution in [0.3, 0.4) is 0 Å². The molecule has 9 heteroatoms. The molecule has 2 aliphatic rings. The first-order valence-electron chi connectivity index (χ1n) is 10.00. The number of rotatable bonds is 3. The maximum Gasteiger partial charge on any atom is 0.326 e. The van der Waals surface area contributed by atoms with E-state index in [-0.39, 0.29) is 18.1 Å². The normalized spacial score (nSPS) is 18.6. The fourth-order valence-electron chi connectivity index (χ4n) is 4.41. The standard InChI is InChI=1S/C21H21N5O4/c27-19(16-10-12-4-1-2-5-14(12)22-16)25-9-7-15-13(11-25)18(24-23-15)20(28)26-8-3-6-17(26)21(29)30/h1-2,4-5,10,17,22H,3,6-9,11H2,(H,23,24)(H,29,30)/t17-/m0/s1. The number of likely N-dealkylation sites (tertiary alicyclic amines) is 1. The average Bonchev–Trinajstić information content (AvgIpc) is 3.49. The number of carboxylic acids is 1. The summed E-state index contributed by atoms with van der Waals surface area (Å²) in [5, 5.41) is 17.4. The predicted molar refractivity (Wildman–Crippen MR) is 107 cm³/mol. The summed E-state index contributed by atoms with van der Waals surface area (Å²) in [4.78, 5) is 43.8. The third kappa shape index (κ3) is 2.94. The van der Waals surface area contributed by atoms with Gasteiger partial charge in [-0.3, -0.25) is 14.7 Å². The van der Waals surface area contributed by atoms with Crippen molar-refractivity contribution in [2.75, 3.05) is 13.1 Å². The van der Waals surface area contributed by atoms with E-state index in [0.717, 1.165) is 16.6 Å². The number of benzene rings is 1. The zero-order chi connectivity index (χ0) is 20.8. The van der Waals surface area contributed by atoms with E-state index in [0.29, 0.717) is 43.6 Å². The Bertz CT molecular complexity index is 1130. The lowest BCUT2D eigenvalue weighted by Gasteiger charge is -2.27. The Morgan fingerprint density at radius 3 is 2.77 bits per heavy atom. The SMILES string of the molecule is O=C(O)[C@@H]1CCCN1C(=O)c1n[nH]c2c1CN(C(=O)c1cc3ccccc3[nH]1)CC2. The molecule has 5 rings (SSSR count). The lowest BCUT2D eigenvalue weighted by molar-refractivity contribution is -0.141. The summed E-state index contributed by atoms with van der Waals surface area (Å²) in [7, 11) is 0. The van der Waals surface area contributed by atoms with E-state index < -0.39 is 17.9 Å². The molecular formula is C21H21N5O4. The summed E-state index contributed by atoms with van der Waals surface area (Å²) >= 11 is 0. The second-order valence-corrected chi connectivity index (χ2v) is 7.77. The summed E-state index contributed by atoms with van der Waals surface area (Å²) in [6.45, 7) is 1.17. The number of hydrogen-bond acceptors (Lipinski definition) is 4. The number of amides is 2. The number of carboxylic acid groups (broad SMARTS) is 1. The van der Waals surface area contributed by atoms with Crippen molar-refractivity contribution in [3.8, 4) is 0 Å². The zero-order valence-electron chi connectivity index (χ0n) is 16.2. The number of nitrogens with one attached hydrogen (secondary N) is 2. The first kappa shape index (κ1) is 18.4. The van der Waals surface area contributed by atoms with E-state index in [4.69, 9.17) is 0 Å². The van der Waals surface area contributed by atoms with Crippen LogP contribution in [0.4, 0.5) is 0 Å². The minimum absolute atomic E-state index is 0.138. The minimum Gasteiger partial charge on any atom is -0.480 e. The van der Waals surface area contributed by atoms with E-state index in [2.05, 4.69) is 15.2 Å². The Labute approximate surface area is 171 Å².